The first-order valence-electron chi connectivity index (χ1n) is 9.37. The van der Waals surface area contributed by atoms with Crippen molar-refractivity contribution in [3.63, 3.8) is 0 Å². The summed E-state index contributed by atoms with van der Waals surface area (Å²) in [7, 11) is 0. The number of hydrogen-bond acceptors (Lipinski definition) is 2. The molecule has 2 aromatic rings. The molecule has 0 saturated carbocycles. The van der Waals surface area contributed by atoms with E-state index in [-0.39, 0.29) is 17.3 Å². The fraction of sp³-hybridized carbons (Fsp3) is 0.348. The molecule has 2 aromatic carbocycles. The van der Waals surface area contributed by atoms with Gasteiger partial charge in [-0.05, 0) is 58.4 Å². The lowest BCUT2D eigenvalue weighted by molar-refractivity contribution is 0.589. The summed E-state index contributed by atoms with van der Waals surface area (Å²) in [5.41, 5.74) is 4.41. The summed E-state index contributed by atoms with van der Waals surface area (Å²) in [5, 5.41) is 1.12. The van der Waals surface area contributed by atoms with Gasteiger partial charge in [-0.25, -0.2) is 4.39 Å². The number of allylic oxidation sites excluding steroid dienone is 1. The van der Waals surface area contributed by atoms with Crippen LogP contribution in [0.3, 0.4) is 0 Å². The summed E-state index contributed by atoms with van der Waals surface area (Å²) < 4.78 is 14.5. The average Bonchev–Trinajstić information content (AvgIpc) is 3.09. The van der Waals surface area contributed by atoms with E-state index in [4.69, 9.17) is 16.6 Å². The molecule has 1 heterocycles. The molecule has 1 atom stereocenters. The standard InChI is InChI=1S/C23H23ClFNS/c1-23(2,3)15-12-10-14(11-13-15)21-16-6-4-9-19(16)27-22(26-21)20-17(24)7-5-8-18(20)25/h5,7-8,10-13,21H,4,6,9H2,1-3H3. The summed E-state index contributed by atoms with van der Waals surface area (Å²) in [4.78, 5) is 6.31. The lowest BCUT2D eigenvalue weighted by Crippen LogP contribution is -2.13. The molecule has 0 radical (unpaired) electrons. The van der Waals surface area contributed by atoms with Crippen molar-refractivity contribution in [2.45, 2.75) is 51.5 Å². The van der Waals surface area contributed by atoms with Gasteiger partial charge in [0.2, 0.25) is 0 Å². The summed E-state index contributed by atoms with van der Waals surface area (Å²) in [6, 6.07) is 13.5. The van der Waals surface area contributed by atoms with E-state index in [0.29, 0.717) is 15.6 Å². The fourth-order valence-electron chi connectivity index (χ4n) is 3.74. The Bertz CT molecular complexity index is 918. The Hall–Kier alpha value is -1.58. The summed E-state index contributed by atoms with van der Waals surface area (Å²) >= 11 is 7.91. The molecule has 0 N–H and O–H groups in total. The van der Waals surface area contributed by atoms with Crippen LogP contribution in [0.5, 0.6) is 0 Å². The number of rotatable bonds is 2. The third kappa shape index (κ3) is 3.60. The molecule has 1 aliphatic carbocycles. The predicted octanol–water partition coefficient (Wildman–Crippen LogP) is 7.45. The van der Waals surface area contributed by atoms with Gasteiger partial charge in [0.15, 0.2) is 0 Å². The van der Waals surface area contributed by atoms with Gasteiger partial charge in [0.1, 0.15) is 10.9 Å². The lowest BCUT2D eigenvalue weighted by Gasteiger charge is -2.25. The van der Waals surface area contributed by atoms with Gasteiger partial charge in [0.05, 0.1) is 16.6 Å². The minimum absolute atomic E-state index is 0.0385. The third-order valence-corrected chi connectivity index (χ3v) is 6.80. The second-order valence-corrected chi connectivity index (χ2v) is 9.70. The number of halogens is 2. The molecule has 0 aromatic heterocycles. The Balaban J connectivity index is 1.77. The molecule has 0 bridgehead atoms. The maximum Gasteiger partial charge on any atom is 0.134 e. The first kappa shape index (κ1) is 18.8. The first-order chi connectivity index (χ1) is 12.8. The van der Waals surface area contributed by atoms with Gasteiger partial charge in [-0.2, -0.15) is 0 Å². The van der Waals surface area contributed by atoms with Crippen molar-refractivity contribution in [3.05, 3.63) is 80.5 Å². The zero-order valence-corrected chi connectivity index (χ0v) is 17.4. The zero-order chi connectivity index (χ0) is 19.2. The van der Waals surface area contributed by atoms with Crippen molar-refractivity contribution >= 4 is 28.4 Å². The highest BCUT2D eigenvalue weighted by molar-refractivity contribution is 8.17. The first-order valence-corrected chi connectivity index (χ1v) is 10.6. The normalized spacial score (nSPS) is 19.9. The molecule has 140 valence electrons. The van der Waals surface area contributed by atoms with Crippen LogP contribution in [-0.4, -0.2) is 5.04 Å². The Kier molecular flexibility index (Phi) is 4.94. The average molecular weight is 400 g/mol. The van der Waals surface area contributed by atoms with Gasteiger partial charge in [-0.15, -0.1) is 0 Å². The number of nitrogens with zero attached hydrogens (tertiary/aromatic N) is 1. The van der Waals surface area contributed by atoms with Crippen LogP contribution in [0.2, 0.25) is 5.02 Å². The Morgan fingerprint density at radius 1 is 1.07 bits per heavy atom. The van der Waals surface area contributed by atoms with Crippen molar-refractivity contribution in [2.75, 3.05) is 0 Å². The Morgan fingerprint density at radius 3 is 2.48 bits per heavy atom. The minimum Gasteiger partial charge on any atom is -0.265 e. The quantitative estimate of drug-likeness (QED) is 0.510. The molecule has 2 aliphatic rings. The molecular formula is C23H23ClFNS. The van der Waals surface area contributed by atoms with Gasteiger partial charge in [0, 0.05) is 0 Å². The van der Waals surface area contributed by atoms with Crippen LogP contribution in [0.4, 0.5) is 4.39 Å². The van der Waals surface area contributed by atoms with E-state index in [9.17, 15) is 4.39 Å². The second-order valence-electron chi connectivity index (χ2n) is 8.21. The highest BCUT2D eigenvalue weighted by atomic mass is 35.5. The lowest BCUT2D eigenvalue weighted by atomic mass is 9.85. The van der Waals surface area contributed by atoms with Crippen molar-refractivity contribution in [2.24, 2.45) is 4.99 Å². The number of thioether (sulfide) groups is 1. The fourth-order valence-corrected chi connectivity index (χ4v) is 5.34. The third-order valence-electron chi connectivity index (χ3n) is 5.27. The van der Waals surface area contributed by atoms with Crippen molar-refractivity contribution < 1.29 is 4.39 Å². The second kappa shape index (κ2) is 7.10. The molecule has 4 heteroatoms. The number of benzene rings is 2. The van der Waals surface area contributed by atoms with E-state index >= 15 is 0 Å². The molecule has 1 aliphatic heterocycles. The zero-order valence-electron chi connectivity index (χ0n) is 15.9. The SMILES string of the molecule is CC(C)(C)c1ccc(C2N=C(c3c(F)cccc3Cl)SC3=C2CCC3)cc1. The highest BCUT2D eigenvalue weighted by Crippen LogP contribution is 2.48. The van der Waals surface area contributed by atoms with Gasteiger partial charge in [-0.3, -0.25) is 4.99 Å². The van der Waals surface area contributed by atoms with Crippen LogP contribution < -0.4 is 0 Å². The van der Waals surface area contributed by atoms with Crippen molar-refractivity contribution in [1.82, 2.24) is 0 Å². The van der Waals surface area contributed by atoms with E-state index in [1.165, 1.54) is 27.7 Å². The van der Waals surface area contributed by atoms with E-state index < -0.39 is 0 Å². The van der Waals surface area contributed by atoms with Crippen LogP contribution in [-0.2, 0) is 5.41 Å². The molecular weight excluding hydrogens is 377 g/mol. The topological polar surface area (TPSA) is 12.4 Å². The number of hydrogen-bond donors (Lipinski definition) is 0. The van der Waals surface area contributed by atoms with E-state index in [0.717, 1.165) is 19.3 Å². The summed E-state index contributed by atoms with van der Waals surface area (Å²) in [6.07, 6.45) is 3.25. The highest BCUT2D eigenvalue weighted by Gasteiger charge is 2.31. The monoisotopic (exact) mass is 399 g/mol. The van der Waals surface area contributed by atoms with Gasteiger partial charge in [0.25, 0.3) is 0 Å². The van der Waals surface area contributed by atoms with E-state index in [2.05, 4.69) is 45.0 Å². The molecule has 1 nitrogen and oxygen atoms in total. The predicted molar refractivity (Wildman–Crippen MR) is 114 cm³/mol. The van der Waals surface area contributed by atoms with Gasteiger partial charge >= 0.3 is 0 Å². The van der Waals surface area contributed by atoms with E-state index in [1.54, 1.807) is 23.9 Å². The number of aliphatic imine (C=N–C) groups is 1. The molecule has 27 heavy (non-hydrogen) atoms. The molecule has 0 amide bonds. The van der Waals surface area contributed by atoms with E-state index in [1.807, 2.05) is 0 Å². The minimum atomic E-state index is -0.308. The van der Waals surface area contributed by atoms with Crippen molar-refractivity contribution in [1.29, 1.82) is 0 Å². The molecule has 0 fully saturated rings. The van der Waals surface area contributed by atoms with Crippen molar-refractivity contribution in [3.8, 4) is 0 Å². The largest absolute Gasteiger partial charge is 0.265 e. The van der Waals surface area contributed by atoms with Crippen LogP contribution in [0.25, 0.3) is 0 Å². The Labute approximate surface area is 169 Å². The van der Waals surface area contributed by atoms with Crippen LogP contribution >= 0.6 is 23.4 Å². The van der Waals surface area contributed by atoms with Crippen LogP contribution in [0.15, 0.2) is 57.9 Å². The summed E-state index contributed by atoms with van der Waals surface area (Å²) in [5.74, 6) is -0.308. The van der Waals surface area contributed by atoms with Crippen LogP contribution in [0.1, 0.15) is 62.8 Å². The van der Waals surface area contributed by atoms with Gasteiger partial charge in [-0.1, -0.05) is 74.5 Å². The molecule has 1 unspecified atom stereocenters. The van der Waals surface area contributed by atoms with Crippen LogP contribution in [0, 0.1) is 5.82 Å². The Morgan fingerprint density at radius 2 is 1.81 bits per heavy atom. The smallest absolute Gasteiger partial charge is 0.134 e. The molecule has 0 spiro atoms. The maximum atomic E-state index is 14.5. The molecule has 4 rings (SSSR count). The maximum absolute atomic E-state index is 14.5. The molecule has 0 saturated heterocycles. The summed E-state index contributed by atoms with van der Waals surface area (Å²) in [6.45, 7) is 6.65. The van der Waals surface area contributed by atoms with Gasteiger partial charge < -0.3 is 0 Å².